The maximum absolute atomic E-state index is 3.70. The van der Waals surface area contributed by atoms with Crippen molar-refractivity contribution in [2.75, 3.05) is 26.7 Å². The van der Waals surface area contributed by atoms with E-state index >= 15 is 0 Å². The van der Waals surface area contributed by atoms with Crippen LogP contribution in [0.15, 0.2) is 0 Å². The second-order valence-electron chi connectivity index (χ2n) is 5.01. The highest BCUT2D eigenvalue weighted by molar-refractivity contribution is 4.84. The van der Waals surface area contributed by atoms with Crippen LogP contribution in [0.5, 0.6) is 0 Å². The number of hydrogen-bond acceptors (Lipinski definition) is 2. The summed E-state index contributed by atoms with van der Waals surface area (Å²) in [6, 6.07) is 0.796. The van der Waals surface area contributed by atoms with Crippen molar-refractivity contribution < 1.29 is 0 Å². The lowest BCUT2D eigenvalue weighted by atomic mass is 10.0. The van der Waals surface area contributed by atoms with Crippen LogP contribution in [0.4, 0.5) is 0 Å². The second-order valence-corrected chi connectivity index (χ2v) is 5.01. The number of nitrogens with one attached hydrogen (secondary N) is 1. The Morgan fingerprint density at radius 3 is 2.67 bits per heavy atom. The quantitative estimate of drug-likeness (QED) is 0.697. The third-order valence-electron chi connectivity index (χ3n) is 3.47. The highest BCUT2D eigenvalue weighted by atomic mass is 15.1. The fourth-order valence-corrected chi connectivity index (χ4v) is 2.73. The van der Waals surface area contributed by atoms with Crippen LogP contribution in [-0.2, 0) is 0 Å². The Kier molecular flexibility index (Phi) is 6.26. The molecule has 0 aromatic carbocycles. The van der Waals surface area contributed by atoms with Gasteiger partial charge in [-0.3, -0.25) is 0 Å². The largest absolute Gasteiger partial charge is 0.314 e. The van der Waals surface area contributed by atoms with Crippen LogP contribution in [0.3, 0.4) is 0 Å². The number of hydrogen-bond donors (Lipinski definition) is 1. The molecule has 1 fully saturated rings. The first kappa shape index (κ1) is 13.0. The summed E-state index contributed by atoms with van der Waals surface area (Å²) in [6.45, 7) is 8.24. The van der Waals surface area contributed by atoms with Gasteiger partial charge in [-0.05, 0) is 51.7 Å². The molecule has 0 spiro atoms. The molecule has 0 heterocycles. The second kappa shape index (κ2) is 7.24. The van der Waals surface area contributed by atoms with Crippen molar-refractivity contribution in [3.8, 4) is 0 Å². The molecular formula is C13H28N2. The predicted molar refractivity (Wildman–Crippen MR) is 67.2 cm³/mol. The SMILES string of the molecule is CCCNC1CCCC1CN(C)CCC. The molecule has 2 atom stereocenters. The third-order valence-corrected chi connectivity index (χ3v) is 3.47. The topological polar surface area (TPSA) is 15.3 Å². The summed E-state index contributed by atoms with van der Waals surface area (Å²) in [4.78, 5) is 2.50. The Bertz CT molecular complexity index is 159. The van der Waals surface area contributed by atoms with Gasteiger partial charge in [0.25, 0.3) is 0 Å². The molecule has 2 unspecified atom stereocenters. The van der Waals surface area contributed by atoms with Crippen molar-refractivity contribution in [3.05, 3.63) is 0 Å². The molecule has 0 aromatic heterocycles. The molecule has 1 aliphatic rings. The lowest BCUT2D eigenvalue weighted by Crippen LogP contribution is -2.38. The van der Waals surface area contributed by atoms with Crippen molar-refractivity contribution in [2.24, 2.45) is 5.92 Å². The van der Waals surface area contributed by atoms with Gasteiger partial charge in [-0.15, -0.1) is 0 Å². The van der Waals surface area contributed by atoms with E-state index in [-0.39, 0.29) is 0 Å². The molecule has 2 nitrogen and oxygen atoms in total. The van der Waals surface area contributed by atoms with Crippen LogP contribution in [-0.4, -0.2) is 37.6 Å². The average Bonchev–Trinajstić information content (AvgIpc) is 2.63. The van der Waals surface area contributed by atoms with Crippen molar-refractivity contribution in [2.45, 2.75) is 52.0 Å². The van der Waals surface area contributed by atoms with Crippen LogP contribution in [0, 0.1) is 5.92 Å². The van der Waals surface area contributed by atoms with Gasteiger partial charge in [-0.1, -0.05) is 20.3 Å². The van der Waals surface area contributed by atoms with Crippen molar-refractivity contribution >= 4 is 0 Å². The van der Waals surface area contributed by atoms with E-state index < -0.39 is 0 Å². The van der Waals surface area contributed by atoms with Gasteiger partial charge in [0, 0.05) is 12.6 Å². The summed E-state index contributed by atoms with van der Waals surface area (Å²) >= 11 is 0. The summed E-state index contributed by atoms with van der Waals surface area (Å²) in [5.74, 6) is 0.896. The van der Waals surface area contributed by atoms with Gasteiger partial charge >= 0.3 is 0 Å². The van der Waals surface area contributed by atoms with Crippen LogP contribution >= 0.6 is 0 Å². The number of nitrogens with zero attached hydrogens (tertiary/aromatic N) is 1. The highest BCUT2D eigenvalue weighted by Crippen LogP contribution is 2.26. The fourth-order valence-electron chi connectivity index (χ4n) is 2.73. The molecule has 0 radical (unpaired) electrons. The van der Waals surface area contributed by atoms with Gasteiger partial charge in [-0.2, -0.15) is 0 Å². The van der Waals surface area contributed by atoms with Gasteiger partial charge in [0.05, 0.1) is 0 Å². The summed E-state index contributed by atoms with van der Waals surface area (Å²) in [5.41, 5.74) is 0. The minimum atomic E-state index is 0.796. The first-order valence-corrected chi connectivity index (χ1v) is 6.69. The van der Waals surface area contributed by atoms with Crippen LogP contribution in [0.1, 0.15) is 46.0 Å². The average molecular weight is 212 g/mol. The summed E-state index contributed by atoms with van der Waals surface area (Å²) in [7, 11) is 2.26. The van der Waals surface area contributed by atoms with E-state index in [4.69, 9.17) is 0 Å². The molecule has 1 N–H and O–H groups in total. The molecule has 90 valence electrons. The van der Waals surface area contributed by atoms with E-state index in [1.54, 1.807) is 0 Å². The van der Waals surface area contributed by atoms with Gasteiger partial charge in [0.1, 0.15) is 0 Å². The van der Waals surface area contributed by atoms with E-state index in [1.807, 2.05) is 0 Å². The molecule has 1 aliphatic carbocycles. The normalized spacial score (nSPS) is 26.4. The molecule has 0 aliphatic heterocycles. The van der Waals surface area contributed by atoms with Crippen molar-refractivity contribution in [3.63, 3.8) is 0 Å². The minimum absolute atomic E-state index is 0.796. The zero-order valence-electron chi connectivity index (χ0n) is 10.8. The van der Waals surface area contributed by atoms with E-state index in [0.29, 0.717) is 0 Å². The first-order chi connectivity index (χ1) is 7.27. The van der Waals surface area contributed by atoms with Crippen molar-refractivity contribution in [1.82, 2.24) is 10.2 Å². The number of rotatable bonds is 7. The minimum Gasteiger partial charge on any atom is -0.314 e. The maximum atomic E-state index is 3.70. The van der Waals surface area contributed by atoms with E-state index in [9.17, 15) is 0 Å². The van der Waals surface area contributed by atoms with Crippen LogP contribution < -0.4 is 5.32 Å². The van der Waals surface area contributed by atoms with Gasteiger partial charge < -0.3 is 10.2 Å². The monoisotopic (exact) mass is 212 g/mol. The summed E-state index contributed by atoms with van der Waals surface area (Å²) in [6.07, 6.45) is 6.77. The third kappa shape index (κ3) is 4.52. The van der Waals surface area contributed by atoms with E-state index in [0.717, 1.165) is 12.0 Å². The standard InChI is InChI=1S/C13H28N2/c1-4-9-14-13-8-6-7-12(13)11-15(3)10-5-2/h12-14H,4-11H2,1-3H3. The molecule has 0 bridgehead atoms. The Morgan fingerprint density at radius 1 is 1.20 bits per heavy atom. The fraction of sp³-hybridized carbons (Fsp3) is 1.00. The Morgan fingerprint density at radius 2 is 2.00 bits per heavy atom. The zero-order valence-corrected chi connectivity index (χ0v) is 10.8. The Labute approximate surface area is 95.4 Å². The van der Waals surface area contributed by atoms with Crippen LogP contribution in [0.25, 0.3) is 0 Å². The Balaban J connectivity index is 2.26. The Hall–Kier alpha value is -0.0800. The van der Waals surface area contributed by atoms with Crippen LogP contribution in [0.2, 0.25) is 0 Å². The molecular weight excluding hydrogens is 184 g/mol. The smallest absolute Gasteiger partial charge is 0.0107 e. The molecule has 0 amide bonds. The lowest BCUT2D eigenvalue weighted by Gasteiger charge is -2.26. The van der Waals surface area contributed by atoms with E-state index in [1.165, 1.54) is 51.7 Å². The molecule has 2 heteroatoms. The van der Waals surface area contributed by atoms with Gasteiger partial charge in [0.2, 0.25) is 0 Å². The lowest BCUT2D eigenvalue weighted by molar-refractivity contribution is 0.251. The summed E-state index contributed by atoms with van der Waals surface area (Å²) < 4.78 is 0. The van der Waals surface area contributed by atoms with E-state index in [2.05, 4.69) is 31.1 Å². The predicted octanol–water partition coefficient (Wildman–Crippen LogP) is 2.50. The van der Waals surface area contributed by atoms with Crippen molar-refractivity contribution in [1.29, 1.82) is 0 Å². The molecule has 15 heavy (non-hydrogen) atoms. The molecule has 0 saturated heterocycles. The first-order valence-electron chi connectivity index (χ1n) is 6.69. The van der Waals surface area contributed by atoms with Gasteiger partial charge in [0.15, 0.2) is 0 Å². The maximum Gasteiger partial charge on any atom is 0.0107 e. The molecule has 1 saturated carbocycles. The highest BCUT2D eigenvalue weighted by Gasteiger charge is 2.27. The summed E-state index contributed by atoms with van der Waals surface area (Å²) in [5, 5.41) is 3.70. The molecule has 0 aromatic rings. The van der Waals surface area contributed by atoms with Gasteiger partial charge in [-0.25, -0.2) is 0 Å². The molecule has 1 rings (SSSR count). The zero-order chi connectivity index (χ0) is 11.1.